The van der Waals surface area contributed by atoms with Crippen molar-refractivity contribution in [2.24, 2.45) is 0 Å². The maximum atomic E-state index is 12.0. The molecule has 1 aliphatic heterocycles. The van der Waals surface area contributed by atoms with E-state index in [1.807, 2.05) is 12.1 Å². The number of hydrogen-bond donors (Lipinski definition) is 1. The van der Waals surface area contributed by atoms with Crippen molar-refractivity contribution in [2.75, 3.05) is 39.3 Å². The minimum absolute atomic E-state index is 0.243. The van der Waals surface area contributed by atoms with Crippen LogP contribution in [0.2, 0.25) is 0 Å². The summed E-state index contributed by atoms with van der Waals surface area (Å²) in [6.07, 6.45) is 4.09. The molecule has 5 heteroatoms. The maximum Gasteiger partial charge on any atom is 0.338 e. The first-order valence-electron chi connectivity index (χ1n) is 9.89. The summed E-state index contributed by atoms with van der Waals surface area (Å²) in [6, 6.07) is 7.28. The fourth-order valence-electron chi connectivity index (χ4n) is 2.99. The van der Waals surface area contributed by atoms with Crippen molar-refractivity contribution in [1.29, 1.82) is 0 Å². The summed E-state index contributed by atoms with van der Waals surface area (Å²) in [5.74, 6) is 0.531. The van der Waals surface area contributed by atoms with Crippen LogP contribution >= 0.6 is 0 Å². The van der Waals surface area contributed by atoms with Crippen molar-refractivity contribution in [3.63, 3.8) is 0 Å². The summed E-state index contributed by atoms with van der Waals surface area (Å²) in [5.41, 5.74) is 0.333. The van der Waals surface area contributed by atoms with Gasteiger partial charge in [-0.15, -0.1) is 0 Å². The molecule has 0 radical (unpaired) electrons. The topological polar surface area (TPSA) is 50.8 Å². The number of piperazine rings is 1. The Morgan fingerprint density at radius 2 is 1.85 bits per heavy atom. The van der Waals surface area contributed by atoms with Gasteiger partial charge in [0.25, 0.3) is 0 Å². The average molecular weight is 363 g/mol. The molecule has 0 spiro atoms. The van der Waals surface area contributed by atoms with Crippen molar-refractivity contribution in [3.05, 3.63) is 29.8 Å². The molecule has 0 saturated carbocycles. The van der Waals surface area contributed by atoms with Gasteiger partial charge in [0.1, 0.15) is 11.4 Å². The number of rotatable bonds is 10. The third kappa shape index (κ3) is 7.34. The largest absolute Gasteiger partial charge is 0.488 e. The first-order valence-corrected chi connectivity index (χ1v) is 9.89. The molecule has 0 aromatic heterocycles. The number of unbranched alkanes of at least 4 members (excludes halogenated alkanes) is 2. The van der Waals surface area contributed by atoms with E-state index in [4.69, 9.17) is 9.47 Å². The van der Waals surface area contributed by atoms with Crippen LogP contribution in [0.4, 0.5) is 0 Å². The minimum Gasteiger partial charge on any atom is -0.488 e. The number of ether oxygens (including phenoxy) is 2. The van der Waals surface area contributed by atoms with Gasteiger partial charge in [0.2, 0.25) is 0 Å². The number of hydrogen-bond acceptors (Lipinski definition) is 5. The highest BCUT2D eigenvalue weighted by Crippen LogP contribution is 2.22. The summed E-state index contributed by atoms with van der Waals surface area (Å²) in [7, 11) is 0. The monoisotopic (exact) mass is 362 g/mol. The first kappa shape index (κ1) is 20.7. The highest BCUT2D eigenvalue weighted by molar-refractivity contribution is 5.89. The highest BCUT2D eigenvalue weighted by Gasteiger charge is 2.22. The molecule has 0 aliphatic carbocycles. The third-order valence-electron chi connectivity index (χ3n) is 4.70. The van der Waals surface area contributed by atoms with E-state index in [0.717, 1.165) is 64.2 Å². The Balaban J connectivity index is 1.78. The minimum atomic E-state index is -0.259. The van der Waals surface area contributed by atoms with Crippen LogP contribution in [-0.2, 0) is 4.74 Å². The molecular formula is C21H34N2O3. The second kappa shape index (κ2) is 10.5. The lowest BCUT2D eigenvalue weighted by molar-refractivity contribution is 0.0498. The Labute approximate surface area is 158 Å². The van der Waals surface area contributed by atoms with Crippen LogP contribution in [0.25, 0.3) is 0 Å². The van der Waals surface area contributed by atoms with E-state index in [-0.39, 0.29) is 11.6 Å². The van der Waals surface area contributed by atoms with E-state index in [0.29, 0.717) is 12.2 Å². The molecule has 1 N–H and O–H groups in total. The lowest BCUT2D eigenvalue weighted by Gasteiger charge is -2.32. The van der Waals surface area contributed by atoms with Crippen LogP contribution < -0.4 is 10.1 Å². The van der Waals surface area contributed by atoms with Crippen molar-refractivity contribution >= 4 is 5.97 Å². The molecule has 2 rings (SSSR count). The third-order valence-corrected chi connectivity index (χ3v) is 4.70. The van der Waals surface area contributed by atoms with E-state index in [9.17, 15) is 4.79 Å². The molecule has 26 heavy (non-hydrogen) atoms. The first-order chi connectivity index (χ1) is 12.5. The molecule has 1 aliphatic rings. The van der Waals surface area contributed by atoms with E-state index in [1.165, 1.54) is 0 Å². The lowest BCUT2D eigenvalue weighted by Crippen LogP contribution is -2.45. The van der Waals surface area contributed by atoms with Crippen molar-refractivity contribution in [2.45, 2.75) is 52.1 Å². The second-order valence-electron chi connectivity index (χ2n) is 7.57. The Morgan fingerprint density at radius 1 is 1.15 bits per heavy atom. The number of benzene rings is 1. The van der Waals surface area contributed by atoms with E-state index >= 15 is 0 Å². The van der Waals surface area contributed by atoms with Crippen molar-refractivity contribution < 1.29 is 14.3 Å². The molecular weight excluding hydrogens is 328 g/mol. The standard InChI is InChI=1S/C21H34N2O3/c1-4-5-6-17-25-20(24)18-7-9-19(10-8-18)26-21(2,3)11-14-23-15-12-22-13-16-23/h7-10,22H,4-6,11-17H2,1-3H3. The Hall–Kier alpha value is -1.59. The summed E-state index contributed by atoms with van der Waals surface area (Å²) < 4.78 is 11.4. The van der Waals surface area contributed by atoms with E-state index < -0.39 is 0 Å². The Kier molecular flexibility index (Phi) is 8.39. The number of nitrogens with zero attached hydrogens (tertiary/aromatic N) is 1. The zero-order chi connectivity index (χ0) is 18.8. The highest BCUT2D eigenvalue weighted by atomic mass is 16.5. The quantitative estimate of drug-likeness (QED) is 0.510. The zero-order valence-electron chi connectivity index (χ0n) is 16.6. The van der Waals surface area contributed by atoms with Crippen molar-refractivity contribution in [3.8, 4) is 5.75 Å². The molecule has 1 heterocycles. The van der Waals surface area contributed by atoms with Gasteiger partial charge in [-0.1, -0.05) is 19.8 Å². The number of carbonyl (C=O) groups is 1. The number of nitrogens with one attached hydrogen (secondary N) is 1. The summed E-state index contributed by atoms with van der Waals surface area (Å²) in [6.45, 7) is 12.2. The van der Waals surface area contributed by atoms with Gasteiger partial charge in [-0.25, -0.2) is 4.79 Å². The molecule has 1 aromatic carbocycles. The van der Waals surface area contributed by atoms with Crippen LogP contribution in [-0.4, -0.2) is 55.8 Å². The van der Waals surface area contributed by atoms with Gasteiger partial charge in [0.15, 0.2) is 0 Å². The molecule has 5 nitrogen and oxygen atoms in total. The molecule has 1 aromatic rings. The van der Waals surface area contributed by atoms with E-state index in [1.54, 1.807) is 12.1 Å². The molecule has 1 fully saturated rings. The van der Waals surface area contributed by atoms with Gasteiger partial charge in [-0.2, -0.15) is 0 Å². The Morgan fingerprint density at radius 3 is 2.50 bits per heavy atom. The number of carbonyl (C=O) groups excluding carboxylic acids is 1. The van der Waals surface area contributed by atoms with E-state index in [2.05, 4.69) is 31.0 Å². The smallest absolute Gasteiger partial charge is 0.338 e. The van der Waals surface area contributed by atoms with Crippen LogP contribution in [0.15, 0.2) is 24.3 Å². The van der Waals surface area contributed by atoms with Gasteiger partial charge in [0, 0.05) is 32.7 Å². The Bertz CT molecular complexity index is 537. The lowest BCUT2D eigenvalue weighted by atomic mass is 10.0. The van der Waals surface area contributed by atoms with Crippen molar-refractivity contribution in [1.82, 2.24) is 10.2 Å². The number of esters is 1. The van der Waals surface area contributed by atoms with Crippen LogP contribution in [0.1, 0.15) is 56.8 Å². The average Bonchev–Trinajstić information content (AvgIpc) is 2.65. The zero-order valence-corrected chi connectivity index (χ0v) is 16.6. The molecule has 0 atom stereocenters. The molecule has 1 saturated heterocycles. The van der Waals surface area contributed by atoms with Crippen LogP contribution in [0.3, 0.4) is 0 Å². The second-order valence-corrected chi connectivity index (χ2v) is 7.57. The van der Waals surface area contributed by atoms with Gasteiger partial charge in [-0.05, 0) is 51.0 Å². The summed E-state index contributed by atoms with van der Waals surface area (Å²) in [5, 5.41) is 3.37. The SMILES string of the molecule is CCCCCOC(=O)c1ccc(OC(C)(C)CCN2CCNCC2)cc1. The predicted octanol–water partition coefficient (Wildman–Crippen LogP) is 3.49. The van der Waals surface area contributed by atoms with Gasteiger partial charge < -0.3 is 19.7 Å². The van der Waals surface area contributed by atoms with Crippen LogP contribution in [0.5, 0.6) is 5.75 Å². The molecule has 0 unspecified atom stereocenters. The summed E-state index contributed by atoms with van der Waals surface area (Å²) in [4.78, 5) is 14.5. The van der Waals surface area contributed by atoms with Gasteiger partial charge >= 0.3 is 5.97 Å². The van der Waals surface area contributed by atoms with Crippen LogP contribution in [0, 0.1) is 0 Å². The fraction of sp³-hybridized carbons (Fsp3) is 0.667. The summed E-state index contributed by atoms with van der Waals surface area (Å²) >= 11 is 0. The maximum absolute atomic E-state index is 12.0. The normalized spacial score (nSPS) is 15.7. The predicted molar refractivity (Wildman–Crippen MR) is 105 cm³/mol. The molecule has 146 valence electrons. The molecule has 0 bridgehead atoms. The van der Waals surface area contributed by atoms with Gasteiger partial charge in [0.05, 0.1) is 12.2 Å². The van der Waals surface area contributed by atoms with Gasteiger partial charge in [-0.3, -0.25) is 0 Å². The fourth-order valence-corrected chi connectivity index (χ4v) is 2.99. The molecule has 0 amide bonds.